The van der Waals surface area contributed by atoms with Crippen LogP contribution in [0.4, 0.5) is 13.2 Å². The fraction of sp³-hybridized carbons (Fsp3) is 0.200. The molecule has 6 heteroatoms. The summed E-state index contributed by atoms with van der Waals surface area (Å²) in [7, 11) is 1.23. The molecule has 1 aromatic carbocycles. The molecule has 84 valence electrons. The Morgan fingerprint density at radius 1 is 1.38 bits per heavy atom. The summed E-state index contributed by atoms with van der Waals surface area (Å²) in [5.41, 5.74) is -0.335. The highest BCUT2D eigenvalue weighted by atomic mass is 19.4. The van der Waals surface area contributed by atoms with Gasteiger partial charge in [0.15, 0.2) is 0 Å². The number of halogens is 3. The summed E-state index contributed by atoms with van der Waals surface area (Å²) < 4.78 is 38.8. The molecule has 0 saturated heterocycles. The van der Waals surface area contributed by atoms with Crippen molar-refractivity contribution in [1.29, 1.82) is 0 Å². The molecule has 0 aliphatic rings. The Labute approximate surface area is 88.5 Å². The fourth-order valence-electron chi connectivity index (χ4n) is 1.63. The van der Waals surface area contributed by atoms with Crippen LogP contribution in [0.1, 0.15) is 16.1 Å². The normalized spacial score (nSPS) is 12.0. The average Bonchev–Trinajstić information content (AvgIpc) is 2.51. The molecule has 2 rings (SSSR count). The molecule has 0 amide bonds. The largest absolute Gasteiger partial charge is 0.433 e. The van der Waals surface area contributed by atoms with Gasteiger partial charge in [0.1, 0.15) is 12.0 Å². The van der Waals surface area contributed by atoms with Crippen molar-refractivity contribution >= 4 is 17.2 Å². The Bertz CT molecular complexity index is 557. The van der Waals surface area contributed by atoms with Gasteiger partial charge in [-0.25, -0.2) is 0 Å². The van der Waals surface area contributed by atoms with E-state index >= 15 is 0 Å². The van der Waals surface area contributed by atoms with E-state index in [2.05, 4.69) is 5.10 Å². The predicted octanol–water partition coefficient (Wildman–Crippen LogP) is 2.40. The topological polar surface area (TPSA) is 34.9 Å². The zero-order valence-electron chi connectivity index (χ0n) is 8.25. The van der Waals surface area contributed by atoms with Crippen LogP contribution in [-0.2, 0) is 13.2 Å². The van der Waals surface area contributed by atoms with Crippen molar-refractivity contribution in [2.75, 3.05) is 0 Å². The van der Waals surface area contributed by atoms with E-state index in [9.17, 15) is 18.0 Å². The summed E-state index contributed by atoms with van der Waals surface area (Å²) in [6.07, 6.45) is -3.88. The van der Waals surface area contributed by atoms with E-state index in [4.69, 9.17) is 0 Å². The van der Waals surface area contributed by atoms with Gasteiger partial charge in [-0.05, 0) is 12.1 Å². The van der Waals surface area contributed by atoms with Gasteiger partial charge in [-0.3, -0.25) is 9.48 Å². The van der Waals surface area contributed by atoms with E-state index < -0.39 is 11.9 Å². The van der Waals surface area contributed by atoms with Gasteiger partial charge in [-0.15, -0.1) is 0 Å². The maximum atomic E-state index is 12.7. The number of hydrogen-bond donors (Lipinski definition) is 0. The monoisotopic (exact) mass is 228 g/mol. The number of aldehydes is 1. The number of carbonyl (C=O) groups excluding carboxylic acids is 1. The molecular formula is C10H7F3N2O. The molecule has 0 unspecified atom stereocenters. The first kappa shape index (κ1) is 10.7. The highest BCUT2D eigenvalue weighted by molar-refractivity contribution is 5.88. The van der Waals surface area contributed by atoms with Crippen molar-refractivity contribution in [2.24, 2.45) is 7.05 Å². The maximum Gasteiger partial charge on any atom is 0.433 e. The molecule has 1 aromatic heterocycles. The van der Waals surface area contributed by atoms with Crippen LogP contribution in [0.2, 0.25) is 0 Å². The summed E-state index contributed by atoms with van der Waals surface area (Å²) in [4.78, 5) is 10.5. The van der Waals surface area contributed by atoms with Crippen LogP contribution in [-0.4, -0.2) is 16.1 Å². The SMILES string of the molecule is Cn1nc2cc(C=O)ccc2c1C(F)(F)F. The Hall–Kier alpha value is -1.85. The molecule has 0 radical (unpaired) electrons. The van der Waals surface area contributed by atoms with Gasteiger partial charge in [0.25, 0.3) is 0 Å². The number of benzene rings is 1. The lowest BCUT2D eigenvalue weighted by atomic mass is 10.1. The minimum Gasteiger partial charge on any atom is -0.298 e. The van der Waals surface area contributed by atoms with Crippen molar-refractivity contribution in [3.8, 4) is 0 Å². The molecular weight excluding hydrogens is 221 g/mol. The number of fused-ring (bicyclic) bond motifs is 1. The molecule has 0 atom stereocenters. The fourth-order valence-corrected chi connectivity index (χ4v) is 1.63. The second-order valence-electron chi connectivity index (χ2n) is 3.36. The third-order valence-corrected chi connectivity index (χ3v) is 2.26. The molecule has 0 bridgehead atoms. The van der Waals surface area contributed by atoms with E-state index in [1.807, 2.05) is 0 Å². The van der Waals surface area contributed by atoms with Crippen LogP contribution in [0, 0.1) is 0 Å². The van der Waals surface area contributed by atoms with Crippen molar-refractivity contribution in [3.05, 3.63) is 29.5 Å². The number of alkyl halides is 3. The van der Waals surface area contributed by atoms with Gasteiger partial charge in [0.2, 0.25) is 0 Å². The molecule has 0 aliphatic carbocycles. The lowest BCUT2D eigenvalue weighted by Crippen LogP contribution is -2.11. The Morgan fingerprint density at radius 3 is 2.62 bits per heavy atom. The van der Waals surface area contributed by atoms with Gasteiger partial charge >= 0.3 is 6.18 Å². The van der Waals surface area contributed by atoms with Crippen molar-refractivity contribution in [2.45, 2.75) is 6.18 Å². The summed E-state index contributed by atoms with van der Waals surface area (Å²) in [5.74, 6) is 0. The zero-order valence-corrected chi connectivity index (χ0v) is 8.25. The van der Waals surface area contributed by atoms with Gasteiger partial charge in [-0.1, -0.05) is 6.07 Å². The molecule has 0 aliphatic heterocycles. The minimum atomic E-state index is -4.45. The molecule has 0 N–H and O–H groups in total. The van der Waals surface area contributed by atoms with Crippen LogP contribution in [0.3, 0.4) is 0 Å². The van der Waals surface area contributed by atoms with Crippen LogP contribution in [0.5, 0.6) is 0 Å². The van der Waals surface area contributed by atoms with Crippen LogP contribution in [0.15, 0.2) is 18.2 Å². The van der Waals surface area contributed by atoms with Gasteiger partial charge in [-0.2, -0.15) is 18.3 Å². The van der Waals surface area contributed by atoms with Crippen LogP contribution >= 0.6 is 0 Å². The molecule has 1 heterocycles. The number of hydrogen-bond acceptors (Lipinski definition) is 2. The summed E-state index contributed by atoms with van der Waals surface area (Å²) in [6.45, 7) is 0. The first-order valence-corrected chi connectivity index (χ1v) is 4.42. The Balaban J connectivity index is 2.77. The summed E-state index contributed by atoms with van der Waals surface area (Å²) >= 11 is 0. The third kappa shape index (κ3) is 1.56. The van der Waals surface area contributed by atoms with Crippen molar-refractivity contribution in [3.63, 3.8) is 0 Å². The standard InChI is InChI=1S/C10H7F3N2O/c1-15-9(10(11,12)13)7-3-2-6(5-16)4-8(7)14-15/h2-5H,1H3. The molecule has 2 aromatic rings. The lowest BCUT2D eigenvalue weighted by molar-refractivity contribution is -0.142. The number of aromatic nitrogens is 2. The average molecular weight is 228 g/mol. The number of nitrogens with zero attached hydrogens (tertiary/aromatic N) is 2. The van der Waals surface area contributed by atoms with Gasteiger partial charge in [0.05, 0.1) is 5.52 Å². The smallest absolute Gasteiger partial charge is 0.298 e. The predicted molar refractivity (Wildman–Crippen MR) is 51.1 cm³/mol. The Morgan fingerprint density at radius 2 is 2.06 bits per heavy atom. The highest BCUT2D eigenvalue weighted by Gasteiger charge is 2.36. The van der Waals surface area contributed by atoms with Crippen LogP contribution < -0.4 is 0 Å². The highest BCUT2D eigenvalue weighted by Crippen LogP contribution is 2.34. The minimum absolute atomic E-state index is 0.000556. The number of aryl methyl sites for hydroxylation is 1. The van der Waals surface area contributed by atoms with Gasteiger partial charge in [0, 0.05) is 18.0 Å². The van der Waals surface area contributed by atoms with E-state index in [-0.39, 0.29) is 10.9 Å². The summed E-state index contributed by atoms with van der Waals surface area (Å²) in [5, 5.41) is 3.73. The van der Waals surface area contributed by atoms with Crippen molar-refractivity contribution < 1.29 is 18.0 Å². The molecule has 0 spiro atoms. The zero-order chi connectivity index (χ0) is 11.9. The first-order chi connectivity index (χ1) is 7.43. The second kappa shape index (κ2) is 3.33. The number of carbonyl (C=O) groups is 1. The van der Waals surface area contributed by atoms with E-state index in [0.29, 0.717) is 11.8 Å². The third-order valence-electron chi connectivity index (χ3n) is 2.26. The van der Waals surface area contributed by atoms with E-state index in [0.717, 1.165) is 4.68 Å². The summed E-state index contributed by atoms with van der Waals surface area (Å²) in [6, 6.07) is 3.93. The molecule has 0 saturated carbocycles. The molecule has 3 nitrogen and oxygen atoms in total. The molecule has 16 heavy (non-hydrogen) atoms. The Kier molecular flexibility index (Phi) is 2.22. The van der Waals surface area contributed by atoms with E-state index in [1.165, 1.54) is 25.2 Å². The lowest BCUT2D eigenvalue weighted by Gasteiger charge is -2.06. The maximum absolute atomic E-state index is 12.7. The van der Waals surface area contributed by atoms with Gasteiger partial charge < -0.3 is 0 Å². The van der Waals surface area contributed by atoms with Crippen LogP contribution in [0.25, 0.3) is 10.9 Å². The number of rotatable bonds is 1. The first-order valence-electron chi connectivity index (χ1n) is 4.42. The molecule has 0 fully saturated rings. The quantitative estimate of drug-likeness (QED) is 0.702. The van der Waals surface area contributed by atoms with Crippen molar-refractivity contribution in [1.82, 2.24) is 9.78 Å². The second-order valence-corrected chi connectivity index (χ2v) is 3.36. The van der Waals surface area contributed by atoms with E-state index in [1.54, 1.807) is 0 Å².